The molecule has 1 aliphatic heterocycles. The Kier molecular flexibility index (Phi) is 8.02. The van der Waals surface area contributed by atoms with Gasteiger partial charge in [0.15, 0.2) is 0 Å². The monoisotopic (exact) mass is 384 g/mol. The molecule has 2 N–H and O–H groups in total. The predicted octanol–water partition coefficient (Wildman–Crippen LogP) is 2.86. The number of aliphatic hydroxyl groups is 2. The maximum atomic E-state index is 10.5. The molecule has 28 heavy (non-hydrogen) atoms. The number of fused-ring (bicyclic) bond motifs is 3. The first-order valence-electron chi connectivity index (χ1n) is 9.70. The lowest BCUT2D eigenvalue weighted by atomic mass is 9.86. The second-order valence-electron chi connectivity index (χ2n) is 7.32. The summed E-state index contributed by atoms with van der Waals surface area (Å²) in [4.78, 5) is 16.2. The fourth-order valence-electron chi connectivity index (χ4n) is 4.06. The number of hydrogen-bond donors (Lipinski definition) is 2. The SMILES string of the molecule is CC#CC[C@@H](C)[C@@H](O)/C=C/[C@@H]1[C@H]2c3cccc(CC)c3O[C@H]2C[C@H]1O.O=C=O. The highest BCUT2D eigenvalue weighted by Crippen LogP contribution is 2.51. The molecule has 0 radical (unpaired) electrons. The number of benzene rings is 1. The van der Waals surface area contributed by atoms with Gasteiger partial charge in [0.1, 0.15) is 11.9 Å². The molecule has 2 aliphatic rings. The van der Waals surface area contributed by atoms with E-state index in [0.717, 1.165) is 12.2 Å². The lowest BCUT2D eigenvalue weighted by Gasteiger charge is -2.19. The minimum absolute atomic E-state index is 0.0162. The van der Waals surface area contributed by atoms with Crippen LogP contribution in [-0.2, 0) is 16.0 Å². The van der Waals surface area contributed by atoms with Crippen LogP contribution in [0.5, 0.6) is 5.75 Å². The zero-order valence-electron chi connectivity index (χ0n) is 16.6. The Hall–Kier alpha value is -2.38. The van der Waals surface area contributed by atoms with E-state index in [1.165, 1.54) is 11.1 Å². The van der Waals surface area contributed by atoms with Crippen molar-refractivity contribution in [3.05, 3.63) is 41.5 Å². The van der Waals surface area contributed by atoms with Crippen molar-refractivity contribution in [2.45, 2.75) is 64.3 Å². The van der Waals surface area contributed by atoms with Gasteiger partial charge in [0.2, 0.25) is 0 Å². The van der Waals surface area contributed by atoms with Crippen molar-refractivity contribution in [3.8, 4) is 17.6 Å². The molecule has 0 saturated heterocycles. The van der Waals surface area contributed by atoms with Crippen molar-refractivity contribution in [1.82, 2.24) is 0 Å². The maximum Gasteiger partial charge on any atom is 0.373 e. The number of carbonyl (C=O) groups excluding carboxylic acids is 2. The number of aryl methyl sites for hydroxylation is 1. The Balaban J connectivity index is 0.000000878. The quantitative estimate of drug-likeness (QED) is 0.602. The van der Waals surface area contributed by atoms with Gasteiger partial charge in [-0.25, -0.2) is 0 Å². The van der Waals surface area contributed by atoms with Crippen LogP contribution in [0.3, 0.4) is 0 Å². The second kappa shape index (κ2) is 10.2. The Morgan fingerprint density at radius 3 is 2.71 bits per heavy atom. The molecule has 1 heterocycles. The first kappa shape index (κ1) is 21.9. The number of para-hydroxylation sites is 1. The molecule has 1 aromatic rings. The van der Waals surface area contributed by atoms with Crippen LogP contribution < -0.4 is 4.74 Å². The van der Waals surface area contributed by atoms with E-state index in [1.54, 1.807) is 0 Å². The van der Waals surface area contributed by atoms with Gasteiger partial charge in [0.25, 0.3) is 0 Å². The van der Waals surface area contributed by atoms with Crippen LogP contribution in [0.25, 0.3) is 0 Å². The fourth-order valence-corrected chi connectivity index (χ4v) is 4.06. The van der Waals surface area contributed by atoms with Gasteiger partial charge in [-0.1, -0.05) is 44.2 Å². The van der Waals surface area contributed by atoms with Crippen molar-refractivity contribution < 1.29 is 24.5 Å². The molecule has 0 amide bonds. The fraction of sp³-hybridized carbons (Fsp3) is 0.522. The van der Waals surface area contributed by atoms with Crippen molar-refractivity contribution in [2.24, 2.45) is 11.8 Å². The summed E-state index contributed by atoms with van der Waals surface area (Å²) in [6.07, 6.45) is 5.40. The number of rotatable bonds is 5. The zero-order chi connectivity index (χ0) is 20.7. The molecule has 0 unspecified atom stereocenters. The van der Waals surface area contributed by atoms with Crippen molar-refractivity contribution in [3.63, 3.8) is 0 Å². The van der Waals surface area contributed by atoms with E-state index in [9.17, 15) is 10.2 Å². The second-order valence-corrected chi connectivity index (χ2v) is 7.32. The summed E-state index contributed by atoms with van der Waals surface area (Å²) in [5.41, 5.74) is 2.44. The molecule has 5 heteroatoms. The van der Waals surface area contributed by atoms with Gasteiger partial charge in [-0.2, -0.15) is 9.59 Å². The van der Waals surface area contributed by atoms with Crippen molar-refractivity contribution in [2.75, 3.05) is 0 Å². The first-order chi connectivity index (χ1) is 13.5. The van der Waals surface area contributed by atoms with Crippen LogP contribution in [0.2, 0.25) is 0 Å². The summed E-state index contributed by atoms with van der Waals surface area (Å²) in [6, 6.07) is 6.31. The van der Waals surface area contributed by atoms with E-state index in [4.69, 9.17) is 14.3 Å². The number of hydrogen-bond acceptors (Lipinski definition) is 5. The van der Waals surface area contributed by atoms with E-state index in [2.05, 4.69) is 37.0 Å². The largest absolute Gasteiger partial charge is 0.489 e. The first-order valence-corrected chi connectivity index (χ1v) is 9.70. The van der Waals surface area contributed by atoms with Crippen LogP contribution in [0, 0.1) is 23.7 Å². The van der Waals surface area contributed by atoms with Crippen LogP contribution in [0.15, 0.2) is 30.4 Å². The Morgan fingerprint density at radius 2 is 2.07 bits per heavy atom. The van der Waals surface area contributed by atoms with Crippen LogP contribution in [0.1, 0.15) is 50.7 Å². The molecule has 150 valence electrons. The molecule has 0 spiro atoms. The van der Waals surface area contributed by atoms with Gasteiger partial charge in [-0.3, -0.25) is 0 Å². The van der Waals surface area contributed by atoms with E-state index in [-0.39, 0.29) is 30.0 Å². The molecule has 1 fully saturated rings. The molecule has 5 nitrogen and oxygen atoms in total. The van der Waals surface area contributed by atoms with Crippen molar-refractivity contribution in [1.29, 1.82) is 0 Å². The van der Waals surface area contributed by atoms with E-state index >= 15 is 0 Å². The third-order valence-electron chi connectivity index (χ3n) is 5.58. The third kappa shape index (κ3) is 4.72. The summed E-state index contributed by atoms with van der Waals surface area (Å²) in [6.45, 7) is 5.94. The van der Waals surface area contributed by atoms with Gasteiger partial charge >= 0.3 is 6.15 Å². The molecular weight excluding hydrogens is 356 g/mol. The Morgan fingerprint density at radius 1 is 1.36 bits per heavy atom. The zero-order valence-corrected chi connectivity index (χ0v) is 16.6. The van der Waals surface area contributed by atoms with E-state index in [0.29, 0.717) is 12.8 Å². The minimum atomic E-state index is -0.545. The standard InChI is InChI=1S/C22H28O3.CO2/c1-4-6-8-14(3)18(23)12-11-16-19(24)13-20-21(16)17-10-7-9-15(5-2)22(17)25-20;2-1-3/h7,9-12,14,16,18-21,23-24H,5,8,13H2,1-3H3;/b12-11+;/t14-,16+,18+,19-,20+,21+;/m1./s1. The van der Waals surface area contributed by atoms with Gasteiger partial charge in [-0.05, 0) is 24.8 Å². The van der Waals surface area contributed by atoms with Crippen LogP contribution in [-0.4, -0.2) is 34.7 Å². The summed E-state index contributed by atoms with van der Waals surface area (Å²) < 4.78 is 6.19. The number of aliphatic hydroxyl groups excluding tert-OH is 2. The summed E-state index contributed by atoms with van der Waals surface area (Å²) in [5.74, 6) is 7.13. The normalized spacial score (nSPS) is 26.6. The third-order valence-corrected chi connectivity index (χ3v) is 5.58. The molecular formula is C23H28O5. The van der Waals surface area contributed by atoms with Crippen LogP contribution >= 0.6 is 0 Å². The predicted molar refractivity (Wildman–Crippen MR) is 104 cm³/mol. The van der Waals surface area contributed by atoms with Gasteiger partial charge < -0.3 is 14.9 Å². The van der Waals surface area contributed by atoms with Gasteiger partial charge in [0.05, 0.1) is 12.2 Å². The minimum Gasteiger partial charge on any atom is -0.489 e. The summed E-state index contributed by atoms with van der Waals surface area (Å²) in [7, 11) is 0. The van der Waals surface area contributed by atoms with Crippen LogP contribution in [0.4, 0.5) is 0 Å². The Labute approximate surface area is 166 Å². The average molecular weight is 384 g/mol. The molecule has 1 aromatic carbocycles. The number of ether oxygens (including phenoxy) is 1. The summed E-state index contributed by atoms with van der Waals surface area (Å²) >= 11 is 0. The highest BCUT2D eigenvalue weighted by atomic mass is 16.5. The molecule has 6 atom stereocenters. The highest BCUT2D eigenvalue weighted by Gasteiger charge is 2.48. The average Bonchev–Trinajstić information content (AvgIpc) is 3.19. The molecule has 0 aromatic heterocycles. The topological polar surface area (TPSA) is 83.8 Å². The molecule has 3 rings (SSSR count). The van der Waals surface area contributed by atoms with E-state index in [1.807, 2.05) is 26.0 Å². The molecule has 0 bridgehead atoms. The summed E-state index contributed by atoms with van der Waals surface area (Å²) in [5, 5.41) is 20.8. The lowest BCUT2D eigenvalue weighted by molar-refractivity contribution is -0.191. The van der Waals surface area contributed by atoms with Gasteiger partial charge in [0, 0.05) is 30.2 Å². The molecule has 1 aliphatic carbocycles. The highest BCUT2D eigenvalue weighted by molar-refractivity contribution is 5.49. The Bertz CT molecular complexity index is 782. The lowest BCUT2D eigenvalue weighted by Crippen LogP contribution is -2.19. The van der Waals surface area contributed by atoms with Gasteiger partial charge in [-0.15, -0.1) is 11.8 Å². The smallest absolute Gasteiger partial charge is 0.373 e. The molecule has 1 saturated carbocycles. The van der Waals surface area contributed by atoms with Crippen molar-refractivity contribution >= 4 is 6.15 Å². The van der Waals surface area contributed by atoms with E-state index < -0.39 is 12.2 Å². The maximum absolute atomic E-state index is 10.5.